The number of piperidine rings is 1. The van der Waals surface area contributed by atoms with Crippen LogP contribution in [0.25, 0.3) is 17.4 Å². The van der Waals surface area contributed by atoms with Crippen molar-refractivity contribution in [1.82, 2.24) is 14.1 Å². The van der Waals surface area contributed by atoms with E-state index in [4.69, 9.17) is 11.0 Å². The molecule has 1 aromatic carbocycles. The first-order chi connectivity index (χ1) is 13.6. The molecule has 0 aliphatic carbocycles. The van der Waals surface area contributed by atoms with Crippen molar-refractivity contribution in [3.63, 3.8) is 0 Å². The van der Waals surface area contributed by atoms with Crippen molar-refractivity contribution in [1.29, 1.82) is 5.26 Å². The fourth-order valence-corrected chi connectivity index (χ4v) is 3.85. The quantitative estimate of drug-likeness (QED) is 0.755. The summed E-state index contributed by atoms with van der Waals surface area (Å²) < 4.78 is 3.20. The molecule has 1 saturated heterocycles. The Bertz CT molecular complexity index is 1120. The van der Waals surface area contributed by atoms with Crippen LogP contribution in [0.15, 0.2) is 47.9 Å². The highest BCUT2D eigenvalue weighted by molar-refractivity contribution is 5.88. The smallest absolute Gasteiger partial charge is 0.334 e. The standard InChI is InChI=1S/C21H22N6O/c1-2-26-20-19(18(9-10-24-20)25-11-3-4-17(23)14-25)27(21(26)28)13-16-7-5-15(12-22)6-8-16/h2,5-10,17H,1,3-4,11,13-14,23H2/t17-/m1/s1. The lowest BCUT2D eigenvalue weighted by Crippen LogP contribution is -2.43. The first-order valence-corrected chi connectivity index (χ1v) is 9.34. The average Bonchev–Trinajstić information content (AvgIpc) is 2.99. The van der Waals surface area contributed by atoms with Gasteiger partial charge < -0.3 is 10.6 Å². The molecule has 0 spiro atoms. The number of fused-ring (bicyclic) bond motifs is 1. The van der Waals surface area contributed by atoms with Gasteiger partial charge in [-0.25, -0.2) is 9.78 Å². The van der Waals surface area contributed by atoms with Crippen LogP contribution in [-0.4, -0.2) is 33.2 Å². The third-order valence-electron chi connectivity index (χ3n) is 5.22. The van der Waals surface area contributed by atoms with Gasteiger partial charge in [-0.05, 0) is 36.6 Å². The van der Waals surface area contributed by atoms with Gasteiger partial charge in [-0.3, -0.25) is 9.13 Å². The fraction of sp³-hybridized carbons (Fsp3) is 0.286. The molecule has 1 fully saturated rings. The molecule has 0 saturated carbocycles. The Morgan fingerprint density at radius 3 is 2.79 bits per heavy atom. The zero-order valence-corrected chi connectivity index (χ0v) is 15.6. The minimum atomic E-state index is -0.185. The number of pyridine rings is 1. The summed E-state index contributed by atoms with van der Waals surface area (Å²) in [6.07, 6.45) is 5.26. The second kappa shape index (κ2) is 7.33. The Morgan fingerprint density at radius 2 is 2.11 bits per heavy atom. The van der Waals surface area contributed by atoms with Crippen molar-refractivity contribution in [2.75, 3.05) is 18.0 Å². The van der Waals surface area contributed by atoms with Gasteiger partial charge in [0.2, 0.25) is 0 Å². The maximum Gasteiger partial charge on any atom is 0.334 e. The largest absolute Gasteiger partial charge is 0.368 e. The first kappa shape index (κ1) is 18.0. The van der Waals surface area contributed by atoms with Gasteiger partial charge in [-0.2, -0.15) is 5.26 Å². The first-order valence-electron chi connectivity index (χ1n) is 9.34. The normalized spacial score (nSPS) is 16.9. The third kappa shape index (κ3) is 3.08. The molecule has 1 aliphatic heterocycles. The van der Waals surface area contributed by atoms with Crippen LogP contribution in [0, 0.1) is 11.3 Å². The molecule has 0 amide bonds. The van der Waals surface area contributed by atoms with E-state index in [-0.39, 0.29) is 11.7 Å². The van der Waals surface area contributed by atoms with E-state index in [0.29, 0.717) is 17.8 Å². The lowest BCUT2D eigenvalue weighted by Gasteiger charge is -2.33. The van der Waals surface area contributed by atoms with Crippen LogP contribution in [-0.2, 0) is 6.54 Å². The number of anilines is 1. The summed E-state index contributed by atoms with van der Waals surface area (Å²) in [4.78, 5) is 19.7. The van der Waals surface area contributed by atoms with Gasteiger partial charge in [0, 0.05) is 31.5 Å². The molecule has 0 radical (unpaired) electrons. The molecule has 4 rings (SSSR count). The molecule has 0 bridgehead atoms. The summed E-state index contributed by atoms with van der Waals surface area (Å²) >= 11 is 0. The van der Waals surface area contributed by atoms with Gasteiger partial charge in [0.15, 0.2) is 5.65 Å². The van der Waals surface area contributed by atoms with Crippen LogP contribution >= 0.6 is 0 Å². The molecule has 2 N–H and O–H groups in total. The number of hydrogen-bond donors (Lipinski definition) is 1. The summed E-state index contributed by atoms with van der Waals surface area (Å²) in [5.41, 5.74) is 9.87. The van der Waals surface area contributed by atoms with Gasteiger partial charge in [0.05, 0.1) is 23.9 Å². The van der Waals surface area contributed by atoms with E-state index >= 15 is 0 Å². The number of imidazole rings is 1. The molecular weight excluding hydrogens is 352 g/mol. The lowest BCUT2D eigenvalue weighted by atomic mass is 10.1. The number of nitrogens with two attached hydrogens (primary N) is 1. The topological polar surface area (TPSA) is 92.9 Å². The van der Waals surface area contributed by atoms with Crippen LogP contribution in [0.1, 0.15) is 24.0 Å². The van der Waals surface area contributed by atoms with Gasteiger partial charge in [-0.15, -0.1) is 0 Å². The van der Waals surface area contributed by atoms with E-state index in [0.717, 1.165) is 42.7 Å². The number of nitrogens with zero attached hydrogens (tertiary/aromatic N) is 5. The summed E-state index contributed by atoms with van der Waals surface area (Å²) in [5.74, 6) is 0. The van der Waals surface area contributed by atoms with Gasteiger partial charge in [0.25, 0.3) is 0 Å². The Balaban J connectivity index is 1.86. The maximum atomic E-state index is 13.1. The summed E-state index contributed by atoms with van der Waals surface area (Å²) in [7, 11) is 0. The summed E-state index contributed by atoms with van der Waals surface area (Å²) in [5, 5.41) is 9.00. The molecule has 7 heteroatoms. The summed E-state index contributed by atoms with van der Waals surface area (Å²) in [6.45, 7) is 5.82. The molecular formula is C21H22N6O. The Labute approximate surface area is 162 Å². The molecule has 142 valence electrons. The molecule has 3 aromatic rings. The molecule has 1 atom stereocenters. The van der Waals surface area contributed by atoms with E-state index in [1.54, 1.807) is 22.9 Å². The van der Waals surface area contributed by atoms with Gasteiger partial charge in [-0.1, -0.05) is 18.7 Å². The Kier molecular flexibility index (Phi) is 4.72. The maximum absolute atomic E-state index is 13.1. The second-order valence-electron chi connectivity index (χ2n) is 7.08. The van der Waals surface area contributed by atoms with Crippen molar-refractivity contribution in [2.45, 2.75) is 25.4 Å². The zero-order valence-electron chi connectivity index (χ0n) is 15.6. The van der Waals surface area contributed by atoms with Crippen molar-refractivity contribution in [3.8, 4) is 6.07 Å². The SMILES string of the molecule is C=Cn1c(=O)n(Cc2ccc(C#N)cc2)c2c(N3CCC[C@@H](N)C3)ccnc21. The minimum Gasteiger partial charge on any atom is -0.368 e. The molecule has 2 aromatic heterocycles. The highest BCUT2D eigenvalue weighted by Crippen LogP contribution is 2.28. The summed E-state index contributed by atoms with van der Waals surface area (Å²) in [6, 6.07) is 11.4. The van der Waals surface area contributed by atoms with Crippen LogP contribution in [0.4, 0.5) is 5.69 Å². The number of rotatable bonds is 4. The van der Waals surface area contributed by atoms with Crippen molar-refractivity contribution >= 4 is 23.1 Å². The van der Waals surface area contributed by atoms with Crippen molar-refractivity contribution in [2.24, 2.45) is 5.73 Å². The second-order valence-corrected chi connectivity index (χ2v) is 7.08. The highest BCUT2D eigenvalue weighted by Gasteiger charge is 2.23. The van der Waals surface area contributed by atoms with Crippen LogP contribution in [0.3, 0.4) is 0 Å². The molecule has 28 heavy (non-hydrogen) atoms. The zero-order chi connectivity index (χ0) is 19.7. The van der Waals surface area contributed by atoms with Crippen molar-refractivity contribution < 1.29 is 0 Å². The third-order valence-corrected chi connectivity index (χ3v) is 5.22. The Morgan fingerprint density at radius 1 is 1.32 bits per heavy atom. The van der Waals surface area contributed by atoms with Crippen molar-refractivity contribution in [3.05, 3.63) is 64.7 Å². The number of benzene rings is 1. The average molecular weight is 374 g/mol. The highest BCUT2D eigenvalue weighted by atomic mass is 16.1. The van der Waals surface area contributed by atoms with E-state index in [1.165, 1.54) is 10.8 Å². The molecule has 7 nitrogen and oxygen atoms in total. The Hall–Kier alpha value is -3.37. The lowest BCUT2D eigenvalue weighted by molar-refractivity contribution is 0.506. The number of aromatic nitrogens is 3. The van der Waals surface area contributed by atoms with E-state index in [1.807, 2.05) is 18.2 Å². The predicted molar refractivity (Wildman–Crippen MR) is 110 cm³/mol. The van der Waals surface area contributed by atoms with Gasteiger partial charge in [0.1, 0.15) is 5.52 Å². The minimum absolute atomic E-state index is 0.122. The van der Waals surface area contributed by atoms with Crippen LogP contribution < -0.4 is 16.3 Å². The number of hydrogen-bond acceptors (Lipinski definition) is 5. The molecule has 0 unspecified atom stereocenters. The van der Waals surface area contributed by atoms with E-state index in [9.17, 15) is 4.79 Å². The van der Waals surface area contributed by atoms with Crippen LogP contribution in [0.2, 0.25) is 0 Å². The molecule has 3 heterocycles. The van der Waals surface area contributed by atoms with E-state index < -0.39 is 0 Å². The predicted octanol–water partition coefficient (Wildman–Crippen LogP) is 2.15. The fourth-order valence-electron chi connectivity index (χ4n) is 3.85. The van der Waals surface area contributed by atoms with Crippen LogP contribution in [0.5, 0.6) is 0 Å². The number of nitriles is 1. The van der Waals surface area contributed by atoms with Gasteiger partial charge >= 0.3 is 5.69 Å². The molecule has 1 aliphatic rings. The van der Waals surface area contributed by atoms with E-state index in [2.05, 4.69) is 22.5 Å². The monoisotopic (exact) mass is 374 g/mol.